The van der Waals surface area contributed by atoms with Crippen LogP contribution < -0.4 is 10.5 Å². The molecular weight excluding hydrogens is 270 g/mol. The van der Waals surface area contributed by atoms with Crippen molar-refractivity contribution in [3.05, 3.63) is 23.8 Å². The Morgan fingerprint density at radius 3 is 2.43 bits per heavy atom. The lowest BCUT2D eigenvalue weighted by Gasteiger charge is -2.24. The first kappa shape index (κ1) is 16.8. The van der Waals surface area contributed by atoms with Crippen LogP contribution in [0.25, 0.3) is 0 Å². The summed E-state index contributed by atoms with van der Waals surface area (Å²) in [5.74, 6) is 0.228. The second kappa shape index (κ2) is 7.52. The second-order valence-electron chi connectivity index (χ2n) is 4.97. The standard InChI is InChI=1S/C15H23N3O3/c1-5-8-18(10-14(19)17(2)3)15(20)12-7-6-11(21-4)9-13(12)16/h6-7,9H,5,8,10,16H2,1-4H3. The number of nitrogens with two attached hydrogens (primary N) is 1. The van der Waals surface area contributed by atoms with E-state index in [1.807, 2.05) is 6.92 Å². The summed E-state index contributed by atoms with van der Waals surface area (Å²) >= 11 is 0. The van der Waals surface area contributed by atoms with Gasteiger partial charge in [0, 0.05) is 32.4 Å². The van der Waals surface area contributed by atoms with Crippen molar-refractivity contribution in [2.75, 3.05) is 40.0 Å². The Morgan fingerprint density at radius 2 is 1.95 bits per heavy atom. The lowest BCUT2D eigenvalue weighted by atomic mass is 10.1. The maximum atomic E-state index is 12.5. The molecule has 0 aliphatic carbocycles. The van der Waals surface area contributed by atoms with Crippen molar-refractivity contribution in [2.45, 2.75) is 13.3 Å². The van der Waals surface area contributed by atoms with Crippen LogP contribution in [-0.4, -0.2) is 55.9 Å². The number of carbonyl (C=O) groups excluding carboxylic acids is 2. The smallest absolute Gasteiger partial charge is 0.256 e. The van der Waals surface area contributed by atoms with E-state index in [9.17, 15) is 9.59 Å². The van der Waals surface area contributed by atoms with E-state index in [-0.39, 0.29) is 18.4 Å². The summed E-state index contributed by atoms with van der Waals surface area (Å²) in [5.41, 5.74) is 6.63. The average Bonchev–Trinajstić information content (AvgIpc) is 2.45. The number of likely N-dealkylation sites (N-methyl/N-ethyl adjacent to an activating group) is 1. The number of anilines is 1. The lowest BCUT2D eigenvalue weighted by Crippen LogP contribution is -2.40. The maximum absolute atomic E-state index is 12.5. The first-order valence-electron chi connectivity index (χ1n) is 6.83. The molecule has 1 rings (SSSR count). The van der Waals surface area contributed by atoms with Gasteiger partial charge in [0.25, 0.3) is 5.91 Å². The molecule has 2 amide bonds. The van der Waals surface area contributed by atoms with Gasteiger partial charge in [-0.15, -0.1) is 0 Å². The molecule has 0 bridgehead atoms. The predicted molar refractivity (Wildman–Crippen MR) is 82.3 cm³/mol. The Balaban J connectivity index is 2.97. The number of amides is 2. The highest BCUT2D eigenvalue weighted by atomic mass is 16.5. The molecule has 6 heteroatoms. The van der Waals surface area contributed by atoms with Gasteiger partial charge in [-0.3, -0.25) is 9.59 Å². The van der Waals surface area contributed by atoms with Gasteiger partial charge in [0.15, 0.2) is 0 Å². The Morgan fingerprint density at radius 1 is 1.29 bits per heavy atom. The molecule has 21 heavy (non-hydrogen) atoms. The van der Waals surface area contributed by atoms with Crippen molar-refractivity contribution < 1.29 is 14.3 Å². The van der Waals surface area contributed by atoms with Crippen LogP contribution in [-0.2, 0) is 4.79 Å². The summed E-state index contributed by atoms with van der Waals surface area (Å²) in [6.07, 6.45) is 0.766. The van der Waals surface area contributed by atoms with E-state index in [1.54, 1.807) is 32.3 Å². The first-order chi connectivity index (χ1) is 9.90. The predicted octanol–water partition coefficient (Wildman–Crippen LogP) is 1.22. The summed E-state index contributed by atoms with van der Waals surface area (Å²) in [6.45, 7) is 2.51. The van der Waals surface area contributed by atoms with E-state index in [2.05, 4.69) is 0 Å². The van der Waals surface area contributed by atoms with Crippen molar-refractivity contribution in [1.29, 1.82) is 0 Å². The topological polar surface area (TPSA) is 75.9 Å². The van der Waals surface area contributed by atoms with Crippen molar-refractivity contribution >= 4 is 17.5 Å². The zero-order chi connectivity index (χ0) is 16.0. The molecule has 0 spiro atoms. The van der Waals surface area contributed by atoms with Gasteiger partial charge in [-0.05, 0) is 18.6 Å². The number of methoxy groups -OCH3 is 1. The molecule has 0 atom stereocenters. The van der Waals surface area contributed by atoms with Gasteiger partial charge in [-0.1, -0.05) is 6.92 Å². The Kier molecular flexibility index (Phi) is 6.02. The molecule has 0 heterocycles. The van der Waals surface area contributed by atoms with Crippen LogP contribution in [0, 0.1) is 0 Å². The summed E-state index contributed by atoms with van der Waals surface area (Å²) in [4.78, 5) is 27.4. The fraction of sp³-hybridized carbons (Fsp3) is 0.467. The molecule has 1 aromatic carbocycles. The minimum atomic E-state index is -0.243. The van der Waals surface area contributed by atoms with Gasteiger partial charge in [-0.2, -0.15) is 0 Å². The van der Waals surface area contributed by atoms with E-state index in [0.29, 0.717) is 23.5 Å². The first-order valence-corrected chi connectivity index (χ1v) is 6.83. The number of hydrogen-bond donors (Lipinski definition) is 1. The van der Waals surface area contributed by atoms with E-state index in [1.165, 1.54) is 16.9 Å². The summed E-state index contributed by atoms with van der Waals surface area (Å²) in [7, 11) is 4.87. The zero-order valence-corrected chi connectivity index (χ0v) is 13.0. The van der Waals surface area contributed by atoms with Gasteiger partial charge < -0.3 is 20.3 Å². The van der Waals surface area contributed by atoms with E-state index < -0.39 is 0 Å². The van der Waals surface area contributed by atoms with Gasteiger partial charge in [-0.25, -0.2) is 0 Å². The van der Waals surface area contributed by atoms with Crippen LogP contribution >= 0.6 is 0 Å². The number of carbonyl (C=O) groups is 2. The van der Waals surface area contributed by atoms with Crippen molar-refractivity contribution in [2.24, 2.45) is 0 Å². The number of rotatable bonds is 6. The fourth-order valence-electron chi connectivity index (χ4n) is 1.86. The molecule has 2 N–H and O–H groups in total. The van der Waals surface area contributed by atoms with Crippen LogP contribution in [0.4, 0.5) is 5.69 Å². The molecule has 0 aliphatic rings. The van der Waals surface area contributed by atoms with E-state index in [0.717, 1.165) is 6.42 Å². The van der Waals surface area contributed by atoms with Crippen molar-refractivity contribution in [3.63, 3.8) is 0 Å². The maximum Gasteiger partial charge on any atom is 0.256 e. The largest absolute Gasteiger partial charge is 0.497 e. The molecule has 6 nitrogen and oxygen atoms in total. The normalized spacial score (nSPS) is 10.1. The van der Waals surface area contributed by atoms with E-state index >= 15 is 0 Å². The van der Waals surface area contributed by atoms with Gasteiger partial charge >= 0.3 is 0 Å². The molecule has 1 aromatic rings. The fourth-order valence-corrected chi connectivity index (χ4v) is 1.86. The lowest BCUT2D eigenvalue weighted by molar-refractivity contribution is -0.129. The summed E-state index contributed by atoms with van der Waals surface area (Å²) in [6, 6.07) is 4.91. The van der Waals surface area contributed by atoms with Crippen LogP contribution in [0.15, 0.2) is 18.2 Å². The highest BCUT2D eigenvalue weighted by Gasteiger charge is 2.21. The molecule has 116 valence electrons. The van der Waals surface area contributed by atoms with Crippen LogP contribution in [0.1, 0.15) is 23.7 Å². The summed E-state index contributed by atoms with van der Waals surface area (Å²) < 4.78 is 5.07. The van der Waals surface area contributed by atoms with Crippen LogP contribution in [0.3, 0.4) is 0 Å². The molecule has 0 unspecified atom stereocenters. The van der Waals surface area contributed by atoms with Crippen LogP contribution in [0.5, 0.6) is 5.75 Å². The molecule has 0 saturated heterocycles. The highest BCUT2D eigenvalue weighted by Crippen LogP contribution is 2.21. The number of hydrogen-bond acceptors (Lipinski definition) is 4. The zero-order valence-electron chi connectivity index (χ0n) is 13.0. The number of ether oxygens (including phenoxy) is 1. The molecule has 0 radical (unpaired) electrons. The third kappa shape index (κ3) is 4.37. The van der Waals surface area contributed by atoms with Gasteiger partial charge in [0.05, 0.1) is 12.7 Å². The van der Waals surface area contributed by atoms with Gasteiger partial charge in [0.1, 0.15) is 12.3 Å². The van der Waals surface area contributed by atoms with E-state index in [4.69, 9.17) is 10.5 Å². The molecule has 0 saturated carbocycles. The van der Waals surface area contributed by atoms with Crippen molar-refractivity contribution in [1.82, 2.24) is 9.80 Å². The van der Waals surface area contributed by atoms with Gasteiger partial charge in [0.2, 0.25) is 5.91 Å². The second-order valence-corrected chi connectivity index (χ2v) is 4.97. The Labute approximate surface area is 125 Å². The van der Waals surface area contributed by atoms with Crippen molar-refractivity contribution in [3.8, 4) is 5.75 Å². The minimum absolute atomic E-state index is 0.0468. The molecular formula is C15H23N3O3. The quantitative estimate of drug-likeness (QED) is 0.800. The molecule has 0 fully saturated rings. The highest BCUT2D eigenvalue weighted by molar-refractivity contribution is 6.00. The minimum Gasteiger partial charge on any atom is -0.497 e. The Hall–Kier alpha value is -2.24. The van der Waals surface area contributed by atoms with Crippen LogP contribution in [0.2, 0.25) is 0 Å². The number of nitrogens with zero attached hydrogens (tertiary/aromatic N) is 2. The Bertz CT molecular complexity index is 515. The molecule has 0 aliphatic heterocycles. The average molecular weight is 293 g/mol. The third-order valence-electron chi connectivity index (χ3n) is 3.09. The monoisotopic (exact) mass is 293 g/mol. The summed E-state index contributed by atoms with van der Waals surface area (Å²) in [5, 5.41) is 0. The number of nitrogen functional groups attached to an aromatic ring is 1. The third-order valence-corrected chi connectivity index (χ3v) is 3.09. The SMILES string of the molecule is CCCN(CC(=O)N(C)C)C(=O)c1ccc(OC)cc1N. The number of benzene rings is 1. The molecule has 0 aromatic heterocycles.